The molecule has 3 heterocycles. The third-order valence-corrected chi connectivity index (χ3v) is 8.51. The first kappa shape index (κ1) is 21.6. The number of rotatable bonds is 5. The molecule has 168 valence electrons. The molecule has 0 spiro atoms. The zero-order valence-corrected chi connectivity index (χ0v) is 18.0. The summed E-state index contributed by atoms with van der Waals surface area (Å²) in [6.45, 7) is 1.76. The molecule has 12 nitrogen and oxygen atoms in total. The summed E-state index contributed by atoms with van der Waals surface area (Å²) in [5, 5.41) is 21.2. The molecule has 2 aromatic rings. The minimum Gasteiger partial charge on any atom is -0.381 e. The highest BCUT2D eigenvalue weighted by Gasteiger charge is 2.54. The number of aromatic nitrogens is 4. The van der Waals surface area contributed by atoms with Crippen LogP contribution in [-0.4, -0.2) is 88.2 Å². The first-order valence-corrected chi connectivity index (χ1v) is 11.4. The van der Waals surface area contributed by atoms with Gasteiger partial charge in [0.2, 0.25) is 15.8 Å². The number of nitrogens with zero attached hydrogens (tertiary/aromatic N) is 6. The number of ether oxygens (including phenoxy) is 1. The molecule has 1 aromatic heterocycles. The van der Waals surface area contributed by atoms with Crippen molar-refractivity contribution >= 4 is 21.6 Å². The third-order valence-electron chi connectivity index (χ3n) is 5.89. The molecule has 1 aromatic carbocycles. The van der Waals surface area contributed by atoms with Gasteiger partial charge < -0.3 is 9.64 Å². The zero-order chi connectivity index (χ0) is 22.1. The summed E-state index contributed by atoms with van der Waals surface area (Å²) in [6, 6.07) is 7.68. The zero-order valence-electron chi connectivity index (χ0n) is 17.1. The minimum absolute atomic E-state index is 0.0137. The predicted molar refractivity (Wildman–Crippen MR) is 110 cm³/mol. The first-order valence-electron chi connectivity index (χ1n) is 9.99. The number of amides is 1. The second-order valence-electron chi connectivity index (χ2n) is 7.59. The molecule has 0 saturated carbocycles. The van der Waals surface area contributed by atoms with Crippen molar-refractivity contribution in [3.05, 3.63) is 24.3 Å². The number of aryl methyl sites for hydroxylation is 1. The summed E-state index contributed by atoms with van der Waals surface area (Å²) in [6.07, 6.45) is 0.0274. The molecule has 13 heteroatoms. The molecule has 0 radical (unpaired) electrons. The van der Waals surface area contributed by atoms with Gasteiger partial charge in [-0.3, -0.25) is 10.0 Å². The lowest BCUT2D eigenvalue weighted by Gasteiger charge is -2.42. The van der Waals surface area contributed by atoms with Gasteiger partial charge in [-0.15, -0.1) is 10.2 Å². The molecule has 2 aliphatic rings. The van der Waals surface area contributed by atoms with E-state index in [4.69, 9.17) is 9.94 Å². The number of anilines is 1. The van der Waals surface area contributed by atoms with Gasteiger partial charge in [-0.05, 0) is 29.5 Å². The van der Waals surface area contributed by atoms with Crippen LogP contribution in [-0.2, 0) is 26.6 Å². The molecule has 0 bridgehead atoms. The number of hydroxylamine groups is 1. The van der Waals surface area contributed by atoms with Gasteiger partial charge in [0.05, 0.1) is 7.05 Å². The van der Waals surface area contributed by atoms with Crippen molar-refractivity contribution in [3.8, 4) is 11.4 Å². The summed E-state index contributed by atoms with van der Waals surface area (Å²) >= 11 is 0. The van der Waals surface area contributed by atoms with Crippen LogP contribution >= 0.6 is 0 Å². The van der Waals surface area contributed by atoms with Crippen molar-refractivity contribution in [1.82, 2.24) is 30.0 Å². The molecule has 0 aliphatic carbocycles. The summed E-state index contributed by atoms with van der Waals surface area (Å²) in [7, 11) is -2.27. The van der Waals surface area contributed by atoms with Crippen LogP contribution in [0.3, 0.4) is 0 Å². The van der Waals surface area contributed by atoms with Crippen LogP contribution in [0, 0.1) is 0 Å². The molecular weight excluding hydrogens is 426 g/mol. The smallest absolute Gasteiger partial charge is 0.266 e. The van der Waals surface area contributed by atoms with Crippen LogP contribution in [0.1, 0.15) is 12.8 Å². The van der Waals surface area contributed by atoms with E-state index in [0.29, 0.717) is 18.9 Å². The maximum atomic E-state index is 13.4. The summed E-state index contributed by atoms with van der Waals surface area (Å²) < 4.78 is 31.6. The maximum Gasteiger partial charge on any atom is 0.266 e. The van der Waals surface area contributed by atoms with Gasteiger partial charge in [0.1, 0.15) is 0 Å². The van der Waals surface area contributed by atoms with Crippen LogP contribution in [0.2, 0.25) is 0 Å². The van der Waals surface area contributed by atoms with Crippen LogP contribution in [0.4, 0.5) is 5.69 Å². The van der Waals surface area contributed by atoms with Crippen LogP contribution in [0.25, 0.3) is 11.4 Å². The SMILES string of the molecule is Cn1nnc(-c2ccc(N3CCN(S(=O)(=O)C4(C(=O)NO)CCOCC4)CC3)cc2)n1. The Morgan fingerprint density at radius 3 is 2.32 bits per heavy atom. The van der Waals surface area contributed by atoms with Crippen LogP contribution in [0.15, 0.2) is 24.3 Å². The average molecular weight is 452 g/mol. The number of nitrogens with one attached hydrogen (secondary N) is 1. The number of sulfonamides is 1. The predicted octanol–water partition coefficient (Wildman–Crippen LogP) is -0.616. The van der Waals surface area contributed by atoms with E-state index in [1.807, 2.05) is 24.3 Å². The minimum atomic E-state index is -3.98. The van der Waals surface area contributed by atoms with E-state index in [9.17, 15) is 13.2 Å². The van der Waals surface area contributed by atoms with Gasteiger partial charge in [-0.2, -0.15) is 9.10 Å². The van der Waals surface area contributed by atoms with E-state index in [1.165, 1.54) is 9.10 Å². The molecular formula is C18H25N7O5S. The number of piperazine rings is 1. The molecule has 2 N–H and O–H groups in total. The van der Waals surface area contributed by atoms with Crippen molar-refractivity contribution in [2.75, 3.05) is 44.3 Å². The Bertz CT molecular complexity index is 1030. The Morgan fingerprint density at radius 2 is 1.77 bits per heavy atom. The molecule has 2 fully saturated rings. The summed E-state index contributed by atoms with van der Waals surface area (Å²) in [5.41, 5.74) is 3.35. The lowest BCUT2D eigenvalue weighted by Crippen LogP contribution is -2.62. The van der Waals surface area contributed by atoms with Crippen molar-refractivity contribution in [1.29, 1.82) is 0 Å². The monoisotopic (exact) mass is 451 g/mol. The Balaban J connectivity index is 1.46. The molecule has 4 rings (SSSR count). The van der Waals surface area contributed by atoms with E-state index < -0.39 is 20.7 Å². The first-order chi connectivity index (χ1) is 14.9. The topological polar surface area (TPSA) is 143 Å². The van der Waals surface area contributed by atoms with Gasteiger partial charge in [0, 0.05) is 63.5 Å². The molecule has 0 unspecified atom stereocenters. The van der Waals surface area contributed by atoms with Crippen molar-refractivity contribution in [3.63, 3.8) is 0 Å². The highest BCUT2D eigenvalue weighted by Crippen LogP contribution is 2.34. The number of tetrazole rings is 1. The quantitative estimate of drug-likeness (QED) is 0.449. The van der Waals surface area contributed by atoms with E-state index in [-0.39, 0.29) is 39.1 Å². The Morgan fingerprint density at radius 1 is 1.13 bits per heavy atom. The second kappa shape index (κ2) is 8.49. The Hall–Kier alpha value is -2.61. The number of carbonyl (C=O) groups is 1. The number of hydrogen-bond acceptors (Lipinski definition) is 9. The molecule has 2 aliphatic heterocycles. The molecule has 2 saturated heterocycles. The highest BCUT2D eigenvalue weighted by atomic mass is 32.2. The number of carbonyl (C=O) groups excluding carboxylic acids is 1. The van der Waals surface area contributed by atoms with E-state index >= 15 is 0 Å². The van der Waals surface area contributed by atoms with E-state index in [2.05, 4.69) is 20.3 Å². The molecule has 1 amide bonds. The van der Waals surface area contributed by atoms with E-state index in [0.717, 1.165) is 11.3 Å². The fraction of sp³-hybridized carbons (Fsp3) is 0.556. The van der Waals surface area contributed by atoms with Gasteiger partial charge >= 0.3 is 0 Å². The summed E-state index contributed by atoms with van der Waals surface area (Å²) in [5.74, 6) is -0.361. The lowest BCUT2D eigenvalue weighted by molar-refractivity contribution is -0.134. The maximum absolute atomic E-state index is 13.4. The fourth-order valence-electron chi connectivity index (χ4n) is 4.06. The van der Waals surface area contributed by atoms with Gasteiger partial charge in [-0.1, -0.05) is 0 Å². The van der Waals surface area contributed by atoms with Crippen molar-refractivity contribution < 1.29 is 23.2 Å². The third kappa shape index (κ3) is 3.89. The fourth-order valence-corrected chi connectivity index (χ4v) is 6.16. The highest BCUT2D eigenvalue weighted by molar-refractivity contribution is 7.91. The average Bonchev–Trinajstić information content (AvgIpc) is 3.25. The van der Waals surface area contributed by atoms with Crippen LogP contribution in [0.5, 0.6) is 0 Å². The Kier molecular flexibility index (Phi) is 5.92. The van der Waals surface area contributed by atoms with Crippen molar-refractivity contribution in [2.45, 2.75) is 17.6 Å². The van der Waals surface area contributed by atoms with E-state index in [1.54, 1.807) is 12.5 Å². The lowest BCUT2D eigenvalue weighted by atomic mass is 9.98. The molecule has 0 atom stereocenters. The number of hydrogen-bond donors (Lipinski definition) is 2. The van der Waals surface area contributed by atoms with Gasteiger partial charge in [0.25, 0.3) is 5.91 Å². The van der Waals surface area contributed by atoms with Crippen LogP contribution < -0.4 is 10.4 Å². The standard InChI is InChI=1S/C18H25N7O5S/c1-23-20-16(19-22-23)14-2-4-15(5-3-14)24-8-10-25(11-9-24)31(28,29)18(17(26)21-27)6-12-30-13-7-18/h2-5,27H,6-13H2,1H3,(H,21,26). The second-order valence-corrected chi connectivity index (χ2v) is 9.84. The van der Waals surface area contributed by atoms with Gasteiger partial charge in [0.15, 0.2) is 4.75 Å². The molecule has 31 heavy (non-hydrogen) atoms. The van der Waals surface area contributed by atoms with Crippen molar-refractivity contribution in [2.24, 2.45) is 7.05 Å². The normalized spacial score (nSPS) is 19.9. The number of benzene rings is 1. The largest absolute Gasteiger partial charge is 0.381 e. The van der Waals surface area contributed by atoms with Gasteiger partial charge in [-0.25, -0.2) is 13.9 Å². The summed E-state index contributed by atoms with van der Waals surface area (Å²) in [4.78, 5) is 15.8. The Labute approximate surface area is 179 Å².